The van der Waals surface area contributed by atoms with Crippen LogP contribution in [0.2, 0.25) is 0 Å². The minimum atomic E-state index is 0.599. The molecule has 6 heteroatoms. The summed E-state index contributed by atoms with van der Waals surface area (Å²) in [5, 5.41) is 4.75. The Morgan fingerprint density at radius 2 is 1.70 bits per heavy atom. The lowest BCUT2D eigenvalue weighted by atomic mass is 10.2. The molecule has 0 saturated heterocycles. The Balaban J connectivity index is 2.17. The molecular weight excluding hydrogens is 356 g/mol. The van der Waals surface area contributed by atoms with Crippen molar-refractivity contribution >= 4 is 32.4 Å². The van der Waals surface area contributed by atoms with E-state index in [1.165, 1.54) is 44.9 Å². The predicted octanol–water partition coefficient (Wildman–Crippen LogP) is 7.32. The number of hydrogen-bond acceptors (Lipinski definition) is 6. The number of thiazole rings is 1. The lowest BCUT2D eigenvalue weighted by Crippen LogP contribution is -2.25. The number of nitrogens with zero attached hydrogens (tertiary/aromatic N) is 3. The number of benzene rings is 1. The Labute approximate surface area is 167 Å². The molecule has 1 N–H and O–H groups in total. The predicted molar refractivity (Wildman–Crippen MR) is 116 cm³/mol. The van der Waals surface area contributed by atoms with Crippen molar-refractivity contribution in [1.82, 2.24) is 4.98 Å². The monoisotopic (exact) mass is 390 g/mol. The first-order chi connectivity index (χ1) is 13.2. The van der Waals surface area contributed by atoms with Crippen molar-refractivity contribution in [3.8, 4) is 5.75 Å². The lowest BCUT2D eigenvalue weighted by Gasteiger charge is -2.21. The van der Waals surface area contributed by atoms with Gasteiger partial charge in [-0.2, -0.15) is 5.11 Å². The fraction of sp³-hybridized carbons (Fsp3) is 0.667. The van der Waals surface area contributed by atoms with Gasteiger partial charge in [-0.1, -0.05) is 64.2 Å². The Bertz CT molecular complexity index is 693. The van der Waals surface area contributed by atoms with E-state index in [1.807, 2.05) is 12.1 Å². The van der Waals surface area contributed by atoms with E-state index in [-0.39, 0.29) is 0 Å². The van der Waals surface area contributed by atoms with E-state index in [1.54, 1.807) is 11.3 Å². The molecule has 0 atom stereocenters. The molecule has 1 aromatic carbocycles. The molecule has 27 heavy (non-hydrogen) atoms. The van der Waals surface area contributed by atoms with E-state index in [2.05, 4.69) is 30.8 Å². The van der Waals surface area contributed by atoms with Gasteiger partial charge in [-0.25, -0.2) is 10.5 Å². The number of aromatic nitrogens is 1. The van der Waals surface area contributed by atoms with Crippen molar-refractivity contribution in [3.63, 3.8) is 0 Å². The number of anilines is 1. The second-order valence-electron chi connectivity index (χ2n) is 7.00. The van der Waals surface area contributed by atoms with Crippen LogP contribution in [0, 0.1) is 5.53 Å². The third-order valence-electron chi connectivity index (χ3n) is 4.67. The van der Waals surface area contributed by atoms with Gasteiger partial charge in [-0.15, -0.1) is 0 Å². The molecule has 0 fully saturated rings. The summed E-state index contributed by atoms with van der Waals surface area (Å²) >= 11 is 1.70. The Kier molecular flexibility index (Phi) is 9.53. The smallest absolute Gasteiger partial charge is 0.186 e. The topological polar surface area (TPSA) is 61.6 Å². The summed E-state index contributed by atoms with van der Waals surface area (Å²) in [6.07, 6.45) is 9.39. The van der Waals surface area contributed by atoms with Crippen LogP contribution in [0.1, 0.15) is 72.1 Å². The van der Waals surface area contributed by atoms with Crippen LogP contribution in [0.4, 0.5) is 10.8 Å². The van der Waals surface area contributed by atoms with Gasteiger partial charge < -0.3 is 9.64 Å². The molecule has 0 saturated carbocycles. The molecule has 2 rings (SSSR count). The molecule has 150 valence electrons. The van der Waals surface area contributed by atoms with Gasteiger partial charge >= 0.3 is 0 Å². The van der Waals surface area contributed by atoms with Crippen molar-refractivity contribution in [1.29, 1.82) is 5.53 Å². The fourth-order valence-corrected chi connectivity index (χ4v) is 4.01. The van der Waals surface area contributed by atoms with Crippen molar-refractivity contribution in [2.75, 3.05) is 24.6 Å². The van der Waals surface area contributed by atoms with Crippen LogP contribution in [-0.2, 0) is 0 Å². The van der Waals surface area contributed by atoms with E-state index < -0.39 is 0 Å². The van der Waals surface area contributed by atoms with Crippen LogP contribution >= 0.6 is 11.3 Å². The molecule has 0 spiro atoms. The summed E-state index contributed by atoms with van der Waals surface area (Å²) in [4.78, 5) is 7.28. The zero-order valence-corrected chi connectivity index (χ0v) is 17.9. The second kappa shape index (κ2) is 11.9. The third-order valence-corrected chi connectivity index (χ3v) is 5.75. The molecule has 5 nitrogen and oxygen atoms in total. The molecule has 0 amide bonds. The highest BCUT2D eigenvalue weighted by Gasteiger charge is 2.15. The largest absolute Gasteiger partial charge is 0.491 e. The van der Waals surface area contributed by atoms with E-state index in [0.29, 0.717) is 18.0 Å². The summed E-state index contributed by atoms with van der Waals surface area (Å²) in [6, 6.07) is 3.91. The zero-order chi connectivity index (χ0) is 19.5. The van der Waals surface area contributed by atoms with E-state index in [4.69, 9.17) is 15.3 Å². The highest BCUT2D eigenvalue weighted by Crippen LogP contribution is 2.37. The second-order valence-corrected chi connectivity index (χ2v) is 8.01. The van der Waals surface area contributed by atoms with Gasteiger partial charge in [-0.3, -0.25) is 0 Å². The van der Waals surface area contributed by atoms with Gasteiger partial charge in [0.25, 0.3) is 0 Å². The van der Waals surface area contributed by atoms with E-state index in [0.717, 1.165) is 34.9 Å². The van der Waals surface area contributed by atoms with Crippen molar-refractivity contribution in [2.24, 2.45) is 5.11 Å². The molecule has 0 aliphatic heterocycles. The summed E-state index contributed by atoms with van der Waals surface area (Å²) in [5.41, 5.74) is 9.05. The van der Waals surface area contributed by atoms with Crippen molar-refractivity contribution < 1.29 is 4.74 Å². The van der Waals surface area contributed by atoms with Crippen LogP contribution in [0.15, 0.2) is 17.2 Å². The first kappa shape index (κ1) is 21.6. The molecule has 0 radical (unpaired) electrons. The van der Waals surface area contributed by atoms with E-state index in [9.17, 15) is 0 Å². The average Bonchev–Trinajstić information content (AvgIpc) is 3.09. The zero-order valence-electron chi connectivity index (χ0n) is 17.1. The van der Waals surface area contributed by atoms with Gasteiger partial charge in [-0.05, 0) is 25.3 Å². The minimum absolute atomic E-state index is 0.599. The minimum Gasteiger partial charge on any atom is -0.491 e. The number of ether oxygens (including phenoxy) is 1. The molecule has 0 aliphatic rings. The van der Waals surface area contributed by atoms with Crippen LogP contribution in [-0.4, -0.2) is 24.7 Å². The first-order valence-electron chi connectivity index (χ1n) is 10.4. The highest BCUT2D eigenvalue weighted by atomic mass is 32.1. The fourth-order valence-electron chi connectivity index (χ4n) is 2.98. The SMILES string of the molecule is CCCCCCOc1cc2nc(N(CCCC)CCCC)sc2cc1N=N. The van der Waals surface area contributed by atoms with Crippen molar-refractivity contribution in [2.45, 2.75) is 72.1 Å². The van der Waals surface area contributed by atoms with Crippen LogP contribution in [0.25, 0.3) is 10.2 Å². The molecule has 0 bridgehead atoms. The third kappa shape index (κ3) is 6.45. The summed E-state index contributed by atoms with van der Waals surface area (Å²) < 4.78 is 7.00. The molecule has 2 aromatic rings. The molecular formula is C21H34N4OS. The maximum absolute atomic E-state index is 7.50. The number of fused-ring (bicyclic) bond motifs is 1. The molecule has 0 unspecified atom stereocenters. The molecule has 1 aromatic heterocycles. The maximum Gasteiger partial charge on any atom is 0.186 e. The Morgan fingerprint density at radius 3 is 2.33 bits per heavy atom. The number of nitrogens with one attached hydrogen (secondary N) is 1. The van der Waals surface area contributed by atoms with Crippen molar-refractivity contribution in [3.05, 3.63) is 12.1 Å². The molecule has 0 aliphatic carbocycles. The summed E-state index contributed by atoms with van der Waals surface area (Å²) in [7, 11) is 0. The van der Waals surface area contributed by atoms with Gasteiger partial charge in [0.2, 0.25) is 0 Å². The maximum atomic E-state index is 7.50. The van der Waals surface area contributed by atoms with Gasteiger partial charge in [0.1, 0.15) is 11.4 Å². The number of unbranched alkanes of at least 4 members (excludes halogenated alkanes) is 5. The average molecular weight is 391 g/mol. The van der Waals surface area contributed by atoms with Gasteiger partial charge in [0.05, 0.1) is 16.8 Å². The normalized spacial score (nSPS) is 11.1. The van der Waals surface area contributed by atoms with Gasteiger partial charge in [0, 0.05) is 19.2 Å². The first-order valence-corrected chi connectivity index (χ1v) is 11.2. The van der Waals surface area contributed by atoms with E-state index >= 15 is 0 Å². The molecule has 1 heterocycles. The van der Waals surface area contributed by atoms with Gasteiger partial charge in [0.15, 0.2) is 5.13 Å². The lowest BCUT2D eigenvalue weighted by molar-refractivity contribution is 0.306. The number of hydrogen-bond donors (Lipinski definition) is 1. The number of rotatable bonds is 14. The standard InChI is InChI=1S/C21H34N4OS/c1-4-7-10-11-14-26-19-15-18-20(16-17(19)24-22)27-21(23-18)25(12-8-5-2)13-9-6-3/h15-16,22H,4-14H2,1-3H3. The Hall–Kier alpha value is -1.69. The Morgan fingerprint density at radius 1 is 1.00 bits per heavy atom. The quantitative estimate of drug-likeness (QED) is 0.271. The highest BCUT2D eigenvalue weighted by molar-refractivity contribution is 7.22. The van der Waals surface area contributed by atoms with Crippen LogP contribution < -0.4 is 9.64 Å². The van der Waals surface area contributed by atoms with Crippen LogP contribution in [0.3, 0.4) is 0 Å². The summed E-state index contributed by atoms with van der Waals surface area (Å²) in [5.74, 6) is 0.680. The van der Waals surface area contributed by atoms with Crippen LogP contribution in [0.5, 0.6) is 5.75 Å². The summed E-state index contributed by atoms with van der Waals surface area (Å²) in [6.45, 7) is 9.42.